The molecular weight excluding hydrogens is 1560 g/mol. The number of nitrogens with two attached hydrogens (primary N) is 3. The molecule has 9 aromatic rings. The standard InChI is InChI=1S/C88H113N19O15/c1-56(108)104-75(46-67-50-94-54-102-67)79(111)43-62(37-57-15-3-2-4-16-57)85(117)107-74(24-12-28-99-88(92)93)78(110)45-64(41-66-49-101-72-22-10-8-20-70(66)72)84(116)97-30-14-32-120-34-36-121-35-33-119-31-13-29-96-81(113)52-122-53-82(114)105-76(47-68-51-95-55-103-68)80(112)44-63(39-58-25-26-59-17-5-6-18-60(59)38-58)86(118)106-73(23-11-27-98-87(90)91)77(109)42-61(83(89)115)40-65-48-100-71-21-9-7-19-69(65)71/h2-10,15-22,25-26,38,48-51,54-55,61-64,73-76,100-101H,11-14,23-24,27-37,39-47,52-53H2,1H3,(H2,89,115)(H,94,102)(H,95,103)(H,96,113)(H,97,116)(H,104,108)(H,105,114)(H,106,118)(H,107,117)(H4,90,91,98)(H4,92,93,99)/t61-,62+,63+,64-,73+,74+,75+,76+/m1/s1. The SMILES string of the molecule is CC(=O)N[C@@H](Cc1cnc[nH]1)C(=O)C[C@H](Cc1ccccc1)C(=O)N[C@@H](CCCNC(=N)N)C(=O)C[C@@H](Cc1c[nH]c2ccccc12)C(=O)NCCCOCCOCCOCCCNC(=O)COCC(=O)N[C@@H](Cc1cnc[nH]1)C(=O)C[C@H](Cc1ccc2ccccc2c1)C(=O)N[C@@H](CCCNC(=N)N)C(=O)C[C@@H](Cc1c[nH]c2ccccc12)C(N)=O. The van der Waals surface area contributed by atoms with Crippen LogP contribution in [0.1, 0.15) is 105 Å². The Labute approximate surface area is 706 Å². The van der Waals surface area contributed by atoms with Crippen molar-refractivity contribution in [2.24, 2.45) is 40.9 Å². The van der Waals surface area contributed by atoms with E-state index in [9.17, 15) is 52.7 Å². The molecule has 650 valence electrons. The molecule has 20 N–H and O–H groups in total. The minimum Gasteiger partial charge on any atom is -0.379 e. The molecule has 9 rings (SSSR count). The van der Waals surface area contributed by atoms with Crippen LogP contribution in [0.3, 0.4) is 0 Å². The zero-order valence-electron chi connectivity index (χ0n) is 68.7. The summed E-state index contributed by atoms with van der Waals surface area (Å²) in [4.78, 5) is 174. The van der Waals surface area contributed by atoms with Crippen molar-refractivity contribution in [3.05, 3.63) is 192 Å². The Hall–Kier alpha value is -12.8. The Morgan fingerprint density at radius 1 is 0.402 bits per heavy atom. The molecule has 5 aromatic carbocycles. The number of aromatic nitrogens is 6. The number of H-pyrrole nitrogens is 4. The summed E-state index contributed by atoms with van der Waals surface area (Å²) in [6, 6.07) is 33.2. The number of rotatable bonds is 58. The zero-order chi connectivity index (χ0) is 87.0. The first-order chi connectivity index (χ1) is 59.0. The molecule has 4 aromatic heterocycles. The van der Waals surface area contributed by atoms with E-state index in [1.807, 2.05) is 128 Å². The molecule has 0 saturated heterocycles. The van der Waals surface area contributed by atoms with Crippen LogP contribution < -0.4 is 59.7 Å². The summed E-state index contributed by atoms with van der Waals surface area (Å²) in [5.41, 5.74) is 23.0. The molecular formula is C88H113N19O15. The number of para-hydroxylation sites is 2. The average molecular weight is 1680 g/mol. The Bertz CT molecular complexity index is 4920. The lowest BCUT2D eigenvalue weighted by Gasteiger charge is -2.25. The van der Waals surface area contributed by atoms with Gasteiger partial charge in [-0.15, -0.1) is 0 Å². The summed E-state index contributed by atoms with van der Waals surface area (Å²) in [6.45, 7) is 2.72. The number of fused-ring (bicyclic) bond motifs is 3. The second kappa shape index (κ2) is 49.7. The number of amides is 7. The van der Waals surface area contributed by atoms with Crippen molar-refractivity contribution in [1.29, 1.82) is 10.8 Å². The van der Waals surface area contributed by atoms with Gasteiger partial charge in [0.05, 0.1) is 63.2 Å². The first-order valence-corrected chi connectivity index (χ1v) is 41.2. The van der Waals surface area contributed by atoms with Gasteiger partial charge in [-0.05, 0) is 109 Å². The number of Topliss-reactive ketones (excluding diaryl/α,β-unsaturated/α-hetero) is 4. The molecule has 0 bridgehead atoms. The van der Waals surface area contributed by atoms with Crippen LogP contribution in [-0.2, 0) is 110 Å². The van der Waals surface area contributed by atoms with Crippen LogP contribution in [0.25, 0.3) is 32.6 Å². The summed E-state index contributed by atoms with van der Waals surface area (Å²) in [5, 5.41) is 41.4. The lowest BCUT2D eigenvalue weighted by molar-refractivity contribution is -0.135. The highest BCUT2D eigenvalue weighted by Gasteiger charge is 2.36. The highest BCUT2D eigenvalue weighted by atomic mass is 16.5. The molecule has 0 unspecified atom stereocenters. The van der Waals surface area contributed by atoms with Crippen molar-refractivity contribution in [3.8, 4) is 0 Å². The Morgan fingerprint density at radius 3 is 1.36 bits per heavy atom. The first-order valence-electron chi connectivity index (χ1n) is 41.2. The third-order valence-corrected chi connectivity index (χ3v) is 20.8. The molecule has 0 radical (unpaired) electrons. The van der Waals surface area contributed by atoms with E-state index in [4.69, 9.17) is 47.0 Å². The second-order valence-electron chi connectivity index (χ2n) is 30.3. The molecule has 0 aliphatic rings. The minimum absolute atomic E-state index is 0.0435. The molecule has 8 atom stereocenters. The fraction of sp³-hybridized carbons (Fsp3) is 0.420. The number of imidazole rings is 2. The molecule has 34 heteroatoms. The molecule has 0 spiro atoms. The number of carbonyl (C=O) groups is 11. The van der Waals surface area contributed by atoms with E-state index >= 15 is 0 Å². The predicted octanol–water partition coefficient (Wildman–Crippen LogP) is 4.36. The van der Waals surface area contributed by atoms with Gasteiger partial charge < -0.3 is 98.6 Å². The maximum Gasteiger partial charge on any atom is 0.246 e. The van der Waals surface area contributed by atoms with E-state index in [1.54, 1.807) is 12.4 Å². The summed E-state index contributed by atoms with van der Waals surface area (Å²) >= 11 is 0. The molecule has 4 heterocycles. The second-order valence-corrected chi connectivity index (χ2v) is 30.3. The van der Waals surface area contributed by atoms with Gasteiger partial charge in [0, 0.05) is 166 Å². The average Bonchev–Trinajstić information content (AvgIpc) is 1.67. The monoisotopic (exact) mass is 1680 g/mol. The summed E-state index contributed by atoms with van der Waals surface area (Å²) < 4.78 is 22.7. The van der Waals surface area contributed by atoms with Gasteiger partial charge in [-0.2, -0.15) is 0 Å². The van der Waals surface area contributed by atoms with Crippen molar-refractivity contribution in [2.45, 2.75) is 134 Å². The van der Waals surface area contributed by atoms with Crippen LogP contribution in [0, 0.1) is 34.5 Å². The lowest BCUT2D eigenvalue weighted by Crippen LogP contribution is -2.48. The zero-order valence-corrected chi connectivity index (χ0v) is 68.7. The third kappa shape index (κ3) is 31.7. The van der Waals surface area contributed by atoms with Gasteiger partial charge >= 0.3 is 0 Å². The number of guanidine groups is 2. The van der Waals surface area contributed by atoms with E-state index in [0.29, 0.717) is 37.3 Å². The number of hydrogen-bond acceptors (Lipinski definition) is 19. The number of aromatic amines is 4. The number of primary amides is 1. The number of carbonyl (C=O) groups excluding carboxylic acids is 11. The van der Waals surface area contributed by atoms with Gasteiger partial charge in [-0.3, -0.25) is 63.6 Å². The molecule has 0 aliphatic carbocycles. The first kappa shape index (κ1) is 93.1. The third-order valence-electron chi connectivity index (χ3n) is 20.8. The van der Waals surface area contributed by atoms with Gasteiger partial charge in [0.2, 0.25) is 41.4 Å². The van der Waals surface area contributed by atoms with Crippen molar-refractivity contribution < 1.29 is 71.7 Å². The quantitative estimate of drug-likeness (QED) is 0.0143. The molecule has 7 amide bonds. The number of nitrogens with zero attached hydrogens (tertiary/aromatic N) is 2. The summed E-state index contributed by atoms with van der Waals surface area (Å²) in [6.07, 6.45) is 10.6. The highest BCUT2D eigenvalue weighted by molar-refractivity contribution is 5.98. The van der Waals surface area contributed by atoms with Crippen LogP contribution in [0.2, 0.25) is 0 Å². The summed E-state index contributed by atoms with van der Waals surface area (Å²) in [5.74, 6) is -10.1. The van der Waals surface area contributed by atoms with E-state index in [2.05, 4.69) is 72.4 Å². The Morgan fingerprint density at radius 2 is 0.844 bits per heavy atom. The fourth-order valence-electron chi connectivity index (χ4n) is 14.5. The fourth-order valence-corrected chi connectivity index (χ4v) is 14.5. The Kier molecular flexibility index (Phi) is 37.9. The molecule has 0 aliphatic heterocycles. The minimum atomic E-state index is -1.20. The smallest absolute Gasteiger partial charge is 0.246 e. The number of hydrogen-bond donors (Lipinski definition) is 17. The van der Waals surface area contributed by atoms with Crippen molar-refractivity contribution in [1.82, 2.24) is 72.4 Å². The number of ether oxygens (including phenoxy) is 4. The van der Waals surface area contributed by atoms with Crippen LogP contribution in [0.4, 0.5) is 0 Å². The molecule has 122 heavy (non-hydrogen) atoms. The van der Waals surface area contributed by atoms with Crippen molar-refractivity contribution in [3.63, 3.8) is 0 Å². The van der Waals surface area contributed by atoms with Crippen molar-refractivity contribution >= 4 is 109 Å². The van der Waals surface area contributed by atoms with Crippen LogP contribution >= 0.6 is 0 Å². The van der Waals surface area contributed by atoms with Gasteiger partial charge in [0.15, 0.2) is 35.1 Å². The normalized spacial score (nSPS) is 13.3. The maximum absolute atomic E-state index is 14.8. The highest BCUT2D eigenvalue weighted by Crippen LogP contribution is 2.28. The van der Waals surface area contributed by atoms with E-state index < -0.39 is 126 Å². The molecule has 34 nitrogen and oxygen atoms in total. The van der Waals surface area contributed by atoms with Crippen LogP contribution in [0.15, 0.2) is 159 Å². The van der Waals surface area contributed by atoms with Crippen LogP contribution in [0.5, 0.6) is 0 Å². The van der Waals surface area contributed by atoms with Gasteiger partial charge in [0.1, 0.15) is 13.2 Å². The van der Waals surface area contributed by atoms with Crippen LogP contribution in [-0.4, -0.2) is 210 Å². The molecule has 0 saturated carbocycles. The predicted molar refractivity (Wildman–Crippen MR) is 458 cm³/mol. The molecule has 0 fully saturated rings. The van der Waals surface area contributed by atoms with E-state index in [-0.39, 0.29) is 154 Å². The van der Waals surface area contributed by atoms with Gasteiger partial charge in [0.25, 0.3) is 0 Å². The number of ketones is 4. The number of benzene rings is 5. The van der Waals surface area contributed by atoms with E-state index in [0.717, 1.165) is 54.8 Å². The topological polar surface area (TPSA) is 536 Å². The number of nitrogens with one attached hydrogen (secondary N) is 14. The van der Waals surface area contributed by atoms with Crippen molar-refractivity contribution in [2.75, 3.05) is 79.0 Å². The lowest BCUT2D eigenvalue weighted by atomic mass is 9.88. The largest absolute Gasteiger partial charge is 0.379 e. The van der Waals surface area contributed by atoms with E-state index in [1.165, 1.54) is 25.8 Å². The maximum atomic E-state index is 14.8. The van der Waals surface area contributed by atoms with Gasteiger partial charge in [-0.25, -0.2) is 9.97 Å². The summed E-state index contributed by atoms with van der Waals surface area (Å²) in [7, 11) is 0. The Balaban J connectivity index is 0.694. The van der Waals surface area contributed by atoms with Gasteiger partial charge in [-0.1, -0.05) is 109 Å².